The number of benzene rings is 2. The van der Waals surface area contributed by atoms with Crippen LogP contribution in [-0.4, -0.2) is 58.9 Å². The fourth-order valence-electron chi connectivity index (χ4n) is 5.14. The maximum atomic E-state index is 12.0. The maximum Gasteiger partial charge on any atom is 0.328 e. The molecule has 9 nitrogen and oxygen atoms in total. The summed E-state index contributed by atoms with van der Waals surface area (Å²) in [6.45, 7) is 2.35. The van der Waals surface area contributed by atoms with Gasteiger partial charge in [0.2, 0.25) is 5.89 Å². The number of hydrogen-bond donors (Lipinski definition) is 2. The molecule has 41 heavy (non-hydrogen) atoms. The molecule has 1 saturated carbocycles. The second kappa shape index (κ2) is 15.2. The van der Waals surface area contributed by atoms with E-state index in [2.05, 4.69) is 19.1 Å². The number of carboxylic acid groups (broad SMARTS) is 2. The standard InChI is InChI=1S/C28H37N2O3.C4H4O4/c1-30(2,19-12-20-32-25-17-10-5-11-18-25)22-26-21-29-27(33-26)28(31,23-13-6-3-7-14-23)24-15-8-4-9-16-24;5-3(6)1-2-4(7)8/h3,5-7,10-11,13-14,17-18,21,24,31H,4,8-9,12,15-16,19-20,22H2,1-2H3;1-2H,(H,5,6)(H,7,8)/q+1;/p-1/b;2-1-/t28-;/m0./s1. The Balaban J connectivity index is 0.000000507. The molecular formula is C32H40N2O7. The molecule has 0 radical (unpaired) electrons. The first-order valence-corrected chi connectivity index (χ1v) is 13.9. The number of para-hydroxylation sites is 1. The minimum Gasteiger partial charge on any atom is -0.545 e. The molecule has 1 aliphatic rings. The number of nitrogens with zero attached hydrogens (tertiary/aromatic N) is 2. The van der Waals surface area contributed by atoms with Crippen molar-refractivity contribution in [3.05, 3.63) is 96.2 Å². The number of quaternary nitrogens is 1. The van der Waals surface area contributed by atoms with Gasteiger partial charge in [0.15, 0.2) is 11.4 Å². The van der Waals surface area contributed by atoms with E-state index in [-0.39, 0.29) is 5.92 Å². The lowest BCUT2D eigenvalue weighted by Gasteiger charge is -2.36. The van der Waals surface area contributed by atoms with Crippen LogP contribution in [0.5, 0.6) is 5.75 Å². The second-order valence-corrected chi connectivity index (χ2v) is 10.9. The number of aromatic nitrogens is 1. The van der Waals surface area contributed by atoms with Gasteiger partial charge in [0.05, 0.1) is 39.4 Å². The second-order valence-electron chi connectivity index (χ2n) is 10.9. The molecule has 0 amide bonds. The molecule has 4 rings (SSSR count). The third-order valence-corrected chi connectivity index (χ3v) is 7.16. The lowest BCUT2D eigenvalue weighted by Crippen LogP contribution is -2.40. The van der Waals surface area contributed by atoms with E-state index in [9.17, 15) is 19.8 Å². The number of aliphatic hydroxyl groups is 1. The Labute approximate surface area is 241 Å². The van der Waals surface area contributed by atoms with Crippen molar-refractivity contribution in [1.29, 1.82) is 0 Å². The molecule has 0 unspecified atom stereocenters. The molecule has 2 N–H and O–H groups in total. The third-order valence-electron chi connectivity index (χ3n) is 7.16. The van der Waals surface area contributed by atoms with Gasteiger partial charge < -0.3 is 33.8 Å². The highest BCUT2D eigenvalue weighted by Gasteiger charge is 2.44. The first kappa shape index (κ1) is 31.6. The summed E-state index contributed by atoms with van der Waals surface area (Å²) in [6, 6.07) is 19.8. The number of carboxylic acids is 2. The van der Waals surface area contributed by atoms with Crippen LogP contribution in [0.1, 0.15) is 55.7 Å². The molecule has 2 aromatic carbocycles. The van der Waals surface area contributed by atoms with E-state index in [1.54, 1.807) is 6.20 Å². The van der Waals surface area contributed by atoms with Crippen LogP contribution in [0.15, 0.2) is 83.4 Å². The van der Waals surface area contributed by atoms with Crippen LogP contribution in [0.4, 0.5) is 0 Å². The molecule has 0 saturated heterocycles. The number of aliphatic carboxylic acids is 2. The highest BCUT2D eigenvalue weighted by Crippen LogP contribution is 2.43. The van der Waals surface area contributed by atoms with Crippen molar-refractivity contribution in [3.63, 3.8) is 0 Å². The van der Waals surface area contributed by atoms with E-state index >= 15 is 0 Å². The van der Waals surface area contributed by atoms with Gasteiger partial charge in [-0.1, -0.05) is 67.8 Å². The largest absolute Gasteiger partial charge is 0.545 e. The minimum atomic E-state index is -1.51. The van der Waals surface area contributed by atoms with Crippen molar-refractivity contribution in [2.75, 3.05) is 27.2 Å². The Morgan fingerprint density at radius 2 is 1.68 bits per heavy atom. The molecule has 220 valence electrons. The lowest BCUT2D eigenvalue weighted by atomic mass is 9.73. The summed E-state index contributed by atoms with van der Waals surface area (Å²) in [5.41, 5.74) is -0.308. The molecule has 1 atom stereocenters. The molecule has 0 aliphatic heterocycles. The molecule has 1 fully saturated rings. The van der Waals surface area contributed by atoms with Gasteiger partial charge in [-0.3, -0.25) is 0 Å². The van der Waals surface area contributed by atoms with Gasteiger partial charge in [0, 0.05) is 18.4 Å². The summed E-state index contributed by atoms with van der Waals surface area (Å²) in [5.74, 6) is -0.530. The smallest absolute Gasteiger partial charge is 0.328 e. The first-order chi connectivity index (χ1) is 19.6. The van der Waals surface area contributed by atoms with E-state index in [0.29, 0.717) is 31.2 Å². The predicted octanol–water partition coefficient (Wildman–Crippen LogP) is 3.91. The van der Waals surface area contributed by atoms with Crippen LogP contribution < -0.4 is 9.84 Å². The highest BCUT2D eigenvalue weighted by atomic mass is 16.5. The average molecular weight is 565 g/mol. The highest BCUT2D eigenvalue weighted by molar-refractivity contribution is 5.88. The van der Waals surface area contributed by atoms with Crippen LogP contribution in [0.2, 0.25) is 0 Å². The molecule has 1 aliphatic carbocycles. The molecule has 0 bridgehead atoms. The van der Waals surface area contributed by atoms with Crippen molar-refractivity contribution in [2.45, 2.75) is 50.7 Å². The third kappa shape index (κ3) is 9.88. The van der Waals surface area contributed by atoms with Crippen molar-refractivity contribution < 1.29 is 38.5 Å². The number of carbonyl (C=O) groups excluding carboxylic acids is 1. The number of ether oxygens (including phenoxy) is 1. The number of hydrogen-bond acceptors (Lipinski definition) is 7. The summed E-state index contributed by atoms with van der Waals surface area (Å²) in [7, 11) is 4.38. The summed E-state index contributed by atoms with van der Waals surface area (Å²) in [6.07, 6.45) is 9.18. The number of carbonyl (C=O) groups is 2. The van der Waals surface area contributed by atoms with Gasteiger partial charge in [-0.25, -0.2) is 9.78 Å². The van der Waals surface area contributed by atoms with Crippen molar-refractivity contribution in [3.8, 4) is 5.75 Å². The fraction of sp³-hybridized carbons (Fsp3) is 0.406. The van der Waals surface area contributed by atoms with Gasteiger partial charge in [-0.15, -0.1) is 0 Å². The van der Waals surface area contributed by atoms with Crippen molar-refractivity contribution in [2.24, 2.45) is 5.92 Å². The van der Waals surface area contributed by atoms with Gasteiger partial charge in [0.25, 0.3) is 0 Å². The minimum absolute atomic E-state index is 0.123. The van der Waals surface area contributed by atoms with Crippen LogP contribution in [0.25, 0.3) is 0 Å². The van der Waals surface area contributed by atoms with Crippen molar-refractivity contribution in [1.82, 2.24) is 4.98 Å². The molecule has 9 heteroatoms. The molecular weight excluding hydrogens is 524 g/mol. The van der Waals surface area contributed by atoms with E-state index in [1.807, 2.05) is 60.7 Å². The Morgan fingerprint density at radius 1 is 1.05 bits per heavy atom. The topological polar surface area (TPSA) is 133 Å². The van der Waals surface area contributed by atoms with Crippen LogP contribution in [0, 0.1) is 5.92 Å². The number of oxazole rings is 1. The summed E-state index contributed by atoms with van der Waals surface area (Å²) in [5, 5.41) is 29.2. The van der Waals surface area contributed by atoms with E-state index in [0.717, 1.165) is 60.2 Å². The van der Waals surface area contributed by atoms with Gasteiger partial charge in [-0.05, 0) is 36.6 Å². The Bertz CT molecular complexity index is 1240. The zero-order valence-electron chi connectivity index (χ0n) is 23.8. The monoisotopic (exact) mass is 564 g/mol. The van der Waals surface area contributed by atoms with Gasteiger partial charge in [0.1, 0.15) is 12.3 Å². The number of rotatable bonds is 12. The SMILES string of the molecule is C[N+](C)(CCCOc1ccccc1)Cc1cnc([C@](O)(c2ccccc2)C2CCCCC2)o1.O=C([O-])/C=C\C(=O)O. The molecule has 0 spiro atoms. The molecule has 1 aromatic heterocycles. The van der Waals surface area contributed by atoms with E-state index < -0.39 is 17.5 Å². The van der Waals surface area contributed by atoms with Crippen LogP contribution in [0.3, 0.4) is 0 Å². The zero-order valence-corrected chi connectivity index (χ0v) is 23.8. The lowest BCUT2D eigenvalue weighted by molar-refractivity contribution is -0.904. The molecule has 1 heterocycles. The predicted molar refractivity (Wildman–Crippen MR) is 152 cm³/mol. The van der Waals surface area contributed by atoms with Gasteiger partial charge in [-0.2, -0.15) is 0 Å². The molecule has 3 aromatic rings. The van der Waals surface area contributed by atoms with Crippen molar-refractivity contribution >= 4 is 11.9 Å². The van der Waals surface area contributed by atoms with E-state index in [4.69, 9.17) is 14.3 Å². The quantitative estimate of drug-likeness (QED) is 0.192. The summed E-state index contributed by atoms with van der Waals surface area (Å²) < 4.78 is 12.9. The summed E-state index contributed by atoms with van der Waals surface area (Å²) in [4.78, 5) is 23.6. The average Bonchev–Trinajstić information content (AvgIpc) is 3.44. The van der Waals surface area contributed by atoms with Crippen LogP contribution >= 0.6 is 0 Å². The fourth-order valence-corrected chi connectivity index (χ4v) is 5.14. The first-order valence-electron chi connectivity index (χ1n) is 13.9. The summed E-state index contributed by atoms with van der Waals surface area (Å²) >= 11 is 0. The van der Waals surface area contributed by atoms with Gasteiger partial charge >= 0.3 is 5.97 Å². The van der Waals surface area contributed by atoms with E-state index in [1.165, 1.54) is 6.42 Å². The normalized spacial score (nSPS) is 15.5. The zero-order chi connectivity index (χ0) is 29.7. The maximum absolute atomic E-state index is 12.0. The Hall–Kier alpha value is -3.95. The Kier molecular flexibility index (Phi) is 11.7. The van der Waals surface area contributed by atoms with Crippen LogP contribution in [-0.2, 0) is 21.7 Å². The Morgan fingerprint density at radius 3 is 2.27 bits per heavy atom.